The topological polar surface area (TPSA) is 66.0 Å². The Labute approximate surface area is 78.2 Å². The van der Waals surface area contributed by atoms with Crippen LogP contribution in [0.25, 0.3) is 11.0 Å². The predicted octanol–water partition coefficient (Wildman–Crippen LogP) is 1.65. The van der Waals surface area contributed by atoms with Crippen LogP contribution in [0.1, 0.15) is 10.4 Å². The molecule has 2 rings (SSSR count). The minimum absolute atomic E-state index is 0.0530. The maximum atomic E-state index is 10.8. The van der Waals surface area contributed by atoms with Crippen molar-refractivity contribution < 1.29 is 9.90 Å². The van der Waals surface area contributed by atoms with Crippen LogP contribution in [0, 0.1) is 0 Å². The Morgan fingerprint density at radius 3 is 3.00 bits per heavy atom. The van der Waals surface area contributed by atoms with Crippen LogP contribution in [0.2, 0.25) is 0 Å². The summed E-state index contributed by atoms with van der Waals surface area (Å²) >= 11 is 5.26. The molecule has 0 spiro atoms. The number of H-pyrrole nitrogens is 1. The molecule has 0 bridgehead atoms. The molecule has 2 aromatic rings. The van der Waals surface area contributed by atoms with Crippen molar-refractivity contribution in [3.63, 3.8) is 0 Å². The summed E-state index contributed by atoms with van der Waals surface area (Å²) in [6, 6.07) is 2.83. The highest BCUT2D eigenvalue weighted by Crippen LogP contribution is 2.23. The number of hydrogen-bond acceptors (Lipinski definition) is 3. The summed E-state index contributed by atoms with van der Waals surface area (Å²) in [4.78, 5) is 17.4. The van der Waals surface area contributed by atoms with E-state index in [2.05, 4.69) is 9.97 Å². The molecule has 0 aliphatic heterocycles. The van der Waals surface area contributed by atoms with Gasteiger partial charge in [-0.1, -0.05) is 0 Å². The number of aromatic nitrogens is 2. The third kappa shape index (κ3) is 1.25. The number of aromatic hydroxyl groups is 1. The number of halogens is 1. The number of benzene rings is 1. The molecule has 0 atom stereocenters. The van der Waals surface area contributed by atoms with Crippen LogP contribution in [-0.4, -0.2) is 20.3 Å². The predicted molar refractivity (Wildman–Crippen MR) is 47.9 cm³/mol. The number of nitrogens with one attached hydrogen (secondary N) is 1. The number of aromatic amines is 1. The first kappa shape index (κ1) is 8.07. The van der Waals surface area contributed by atoms with E-state index in [1.165, 1.54) is 18.5 Å². The van der Waals surface area contributed by atoms with Gasteiger partial charge in [0.2, 0.25) is 0 Å². The zero-order valence-electron chi connectivity index (χ0n) is 6.41. The van der Waals surface area contributed by atoms with Gasteiger partial charge in [0.05, 0.1) is 11.8 Å². The van der Waals surface area contributed by atoms with Gasteiger partial charge in [-0.3, -0.25) is 4.79 Å². The first-order chi connectivity index (χ1) is 6.18. The van der Waals surface area contributed by atoms with Crippen molar-refractivity contribution >= 4 is 27.9 Å². The van der Waals surface area contributed by atoms with Gasteiger partial charge in [-0.25, -0.2) is 4.98 Å². The van der Waals surface area contributed by atoms with E-state index in [1.807, 2.05) is 0 Å². The summed E-state index contributed by atoms with van der Waals surface area (Å²) in [5, 5.41) is 8.79. The largest absolute Gasteiger partial charge is 0.506 e. The zero-order chi connectivity index (χ0) is 9.42. The molecule has 0 amide bonds. The molecule has 2 N–H and O–H groups in total. The zero-order valence-corrected chi connectivity index (χ0v) is 7.17. The lowest BCUT2D eigenvalue weighted by molar-refractivity contribution is 0.108. The molecule has 1 aromatic heterocycles. The Balaban J connectivity index is 2.77. The second-order valence-electron chi connectivity index (χ2n) is 2.57. The number of imidazole rings is 1. The van der Waals surface area contributed by atoms with E-state index < -0.39 is 5.24 Å². The highest BCUT2D eigenvalue weighted by Gasteiger charge is 2.08. The van der Waals surface area contributed by atoms with Gasteiger partial charge >= 0.3 is 0 Å². The maximum Gasteiger partial charge on any atom is 0.252 e. The number of carbonyl (C=O) groups is 1. The molecule has 0 aliphatic carbocycles. The minimum atomic E-state index is -0.605. The molecule has 0 radical (unpaired) electrons. The van der Waals surface area contributed by atoms with Crippen LogP contribution in [0.4, 0.5) is 0 Å². The van der Waals surface area contributed by atoms with Crippen molar-refractivity contribution in [1.29, 1.82) is 0 Å². The fourth-order valence-electron chi connectivity index (χ4n) is 1.14. The second kappa shape index (κ2) is 2.74. The van der Waals surface area contributed by atoms with E-state index in [0.717, 1.165) is 0 Å². The van der Waals surface area contributed by atoms with Crippen molar-refractivity contribution in [2.75, 3.05) is 0 Å². The molecule has 1 aromatic carbocycles. The smallest absolute Gasteiger partial charge is 0.252 e. The van der Waals surface area contributed by atoms with Crippen molar-refractivity contribution in [1.82, 2.24) is 9.97 Å². The van der Waals surface area contributed by atoms with Gasteiger partial charge in [0.15, 0.2) is 0 Å². The summed E-state index contributed by atoms with van der Waals surface area (Å²) in [6.07, 6.45) is 1.44. The fraction of sp³-hybridized carbons (Fsp3) is 0. The molecule has 5 heteroatoms. The van der Waals surface area contributed by atoms with E-state index in [-0.39, 0.29) is 11.3 Å². The highest BCUT2D eigenvalue weighted by atomic mass is 35.5. The van der Waals surface area contributed by atoms with E-state index >= 15 is 0 Å². The minimum Gasteiger partial charge on any atom is -0.506 e. The Morgan fingerprint density at radius 2 is 2.31 bits per heavy atom. The monoisotopic (exact) mass is 196 g/mol. The summed E-state index contributed by atoms with van der Waals surface area (Å²) in [7, 11) is 0. The molecule has 13 heavy (non-hydrogen) atoms. The molecule has 0 aliphatic rings. The first-order valence-electron chi connectivity index (χ1n) is 3.54. The van der Waals surface area contributed by atoms with Gasteiger partial charge < -0.3 is 10.1 Å². The molecular weight excluding hydrogens is 192 g/mol. The average molecular weight is 197 g/mol. The standard InChI is InChI=1S/C8H5ClN2O2/c9-8(13)4-1-5-7(6(12)2-4)11-3-10-5/h1-3,12H,(H,10,11). The van der Waals surface area contributed by atoms with Crippen LogP contribution in [0.3, 0.4) is 0 Å². The Morgan fingerprint density at radius 1 is 1.54 bits per heavy atom. The van der Waals surface area contributed by atoms with Gasteiger partial charge in [-0.15, -0.1) is 0 Å². The van der Waals surface area contributed by atoms with Gasteiger partial charge in [-0.05, 0) is 23.7 Å². The van der Waals surface area contributed by atoms with E-state index in [1.54, 1.807) is 0 Å². The van der Waals surface area contributed by atoms with Gasteiger partial charge in [0, 0.05) is 5.56 Å². The Hall–Kier alpha value is -1.55. The number of fused-ring (bicyclic) bond motifs is 1. The molecule has 66 valence electrons. The van der Waals surface area contributed by atoms with Crippen LogP contribution >= 0.6 is 11.6 Å². The van der Waals surface area contributed by atoms with Crippen LogP contribution < -0.4 is 0 Å². The summed E-state index contributed by atoms with van der Waals surface area (Å²) < 4.78 is 0. The molecule has 0 saturated heterocycles. The van der Waals surface area contributed by atoms with Crippen LogP contribution in [-0.2, 0) is 0 Å². The third-order valence-electron chi connectivity index (χ3n) is 1.73. The molecular formula is C8H5ClN2O2. The number of hydrogen-bond donors (Lipinski definition) is 2. The third-order valence-corrected chi connectivity index (χ3v) is 1.95. The van der Waals surface area contributed by atoms with Crippen LogP contribution in [0.15, 0.2) is 18.5 Å². The lowest BCUT2D eigenvalue weighted by Crippen LogP contribution is -1.88. The van der Waals surface area contributed by atoms with Crippen molar-refractivity contribution in [3.8, 4) is 5.75 Å². The normalized spacial score (nSPS) is 10.5. The number of phenolic OH excluding ortho intramolecular Hbond substituents is 1. The van der Waals surface area contributed by atoms with E-state index in [0.29, 0.717) is 11.0 Å². The molecule has 0 unspecified atom stereocenters. The van der Waals surface area contributed by atoms with Gasteiger partial charge in [0.25, 0.3) is 5.24 Å². The van der Waals surface area contributed by atoms with Crippen molar-refractivity contribution in [3.05, 3.63) is 24.0 Å². The maximum absolute atomic E-state index is 10.8. The lowest BCUT2D eigenvalue weighted by Gasteiger charge is -1.96. The van der Waals surface area contributed by atoms with Gasteiger partial charge in [-0.2, -0.15) is 0 Å². The quantitative estimate of drug-likeness (QED) is 0.682. The fourth-order valence-corrected chi connectivity index (χ4v) is 1.25. The number of nitrogens with zero attached hydrogens (tertiary/aromatic N) is 1. The summed E-state index contributed by atoms with van der Waals surface area (Å²) in [5.74, 6) is -0.0530. The molecule has 4 nitrogen and oxygen atoms in total. The Bertz CT molecular complexity index is 478. The van der Waals surface area contributed by atoms with Crippen molar-refractivity contribution in [2.24, 2.45) is 0 Å². The number of carbonyl (C=O) groups excluding carboxylic acids is 1. The summed E-state index contributed by atoms with van der Waals surface area (Å²) in [5.41, 5.74) is 1.27. The molecule has 1 heterocycles. The van der Waals surface area contributed by atoms with Gasteiger partial charge in [0.1, 0.15) is 11.3 Å². The number of rotatable bonds is 1. The van der Waals surface area contributed by atoms with Crippen LogP contribution in [0.5, 0.6) is 5.75 Å². The first-order valence-corrected chi connectivity index (χ1v) is 3.92. The highest BCUT2D eigenvalue weighted by molar-refractivity contribution is 6.67. The van der Waals surface area contributed by atoms with E-state index in [9.17, 15) is 9.90 Å². The van der Waals surface area contributed by atoms with Crippen molar-refractivity contribution in [2.45, 2.75) is 0 Å². The average Bonchev–Trinajstić information content (AvgIpc) is 2.51. The van der Waals surface area contributed by atoms with E-state index in [4.69, 9.17) is 11.6 Å². The Kier molecular flexibility index (Phi) is 1.70. The summed E-state index contributed by atoms with van der Waals surface area (Å²) in [6.45, 7) is 0. The number of phenols is 1. The SMILES string of the molecule is O=C(Cl)c1cc(O)c2nc[nH]c2c1. The lowest BCUT2D eigenvalue weighted by atomic mass is 10.2. The second-order valence-corrected chi connectivity index (χ2v) is 2.91. The molecule has 0 saturated carbocycles. The molecule has 0 fully saturated rings.